The lowest BCUT2D eigenvalue weighted by Gasteiger charge is -2.27. The van der Waals surface area contributed by atoms with Gasteiger partial charge >= 0.3 is 5.97 Å². The SMILES string of the molecule is O=C(C[C@H](NCCN1CCNCC1)C(=O)O)Nc1cccc([N+](=O)[O-])c1. The van der Waals surface area contributed by atoms with Crippen molar-refractivity contribution in [3.05, 3.63) is 34.4 Å². The quantitative estimate of drug-likeness (QED) is 0.351. The molecular weight excluding hydrogens is 342 g/mol. The number of carbonyl (C=O) groups excluding carboxylic acids is 1. The Hall–Kier alpha value is -2.56. The van der Waals surface area contributed by atoms with Crippen LogP contribution in [0.1, 0.15) is 6.42 Å². The fourth-order valence-electron chi connectivity index (χ4n) is 2.67. The molecule has 142 valence electrons. The highest BCUT2D eigenvalue weighted by Crippen LogP contribution is 2.17. The molecule has 1 saturated heterocycles. The summed E-state index contributed by atoms with van der Waals surface area (Å²) in [7, 11) is 0. The van der Waals surface area contributed by atoms with Crippen LogP contribution in [0.15, 0.2) is 24.3 Å². The molecule has 0 aliphatic carbocycles. The second kappa shape index (κ2) is 9.80. The number of carboxylic acids is 1. The van der Waals surface area contributed by atoms with E-state index in [2.05, 4.69) is 20.9 Å². The van der Waals surface area contributed by atoms with Gasteiger partial charge in [0.05, 0.1) is 11.3 Å². The largest absolute Gasteiger partial charge is 0.480 e. The number of benzene rings is 1. The minimum atomic E-state index is -1.11. The first-order valence-corrected chi connectivity index (χ1v) is 8.39. The fourth-order valence-corrected chi connectivity index (χ4v) is 2.67. The van der Waals surface area contributed by atoms with Gasteiger partial charge in [0, 0.05) is 57.1 Å². The molecule has 1 heterocycles. The van der Waals surface area contributed by atoms with Gasteiger partial charge in [-0.2, -0.15) is 0 Å². The fraction of sp³-hybridized carbons (Fsp3) is 0.500. The molecule has 0 spiro atoms. The highest BCUT2D eigenvalue weighted by Gasteiger charge is 2.21. The number of rotatable bonds is 9. The summed E-state index contributed by atoms with van der Waals surface area (Å²) in [6.07, 6.45) is -0.264. The Labute approximate surface area is 150 Å². The minimum Gasteiger partial charge on any atom is -0.480 e. The number of nitro benzene ring substituents is 1. The maximum atomic E-state index is 12.1. The van der Waals surface area contributed by atoms with Crippen LogP contribution in [0, 0.1) is 10.1 Å². The normalized spacial score (nSPS) is 16.0. The van der Waals surface area contributed by atoms with Gasteiger partial charge in [-0.3, -0.25) is 24.6 Å². The van der Waals surface area contributed by atoms with Crippen LogP contribution < -0.4 is 16.0 Å². The van der Waals surface area contributed by atoms with Gasteiger partial charge in [-0.25, -0.2) is 0 Å². The molecule has 1 amide bonds. The molecule has 10 nitrogen and oxygen atoms in total. The van der Waals surface area contributed by atoms with E-state index in [0.717, 1.165) is 26.2 Å². The molecule has 1 aromatic rings. The van der Waals surface area contributed by atoms with Crippen molar-refractivity contribution in [2.45, 2.75) is 12.5 Å². The number of carbonyl (C=O) groups is 2. The van der Waals surface area contributed by atoms with Crippen molar-refractivity contribution in [1.82, 2.24) is 15.5 Å². The lowest BCUT2D eigenvalue weighted by Crippen LogP contribution is -2.48. The van der Waals surface area contributed by atoms with Crippen LogP contribution >= 0.6 is 0 Å². The van der Waals surface area contributed by atoms with Crippen molar-refractivity contribution in [1.29, 1.82) is 0 Å². The van der Waals surface area contributed by atoms with E-state index in [-0.39, 0.29) is 17.8 Å². The monoisotopic (exact) mass is 365 g/mol. The van der Waals surface area contributed by atoms with Gasteiger partial charge in [-0.05, 0) is 6.07 Å². The minimum absolute atomic E-state index is 0.147. The van der Waals surface area contributed by atoms with Gasteiger partial charge < -0.3 is 21.1 Å². The van der Waals surface area contributed by atoms with E-state index in [1.165, 1.54) is 24.3 Å². The zero-order chi connectivity index (χ0) is 18.9. The highest BCUT2D eigenvalue weighted by molar-refractivity contribution is 5.94. The molecule has 0 radical (unpaired) electrons. The molecule has 26 heavy (non-hydrogen) atoms. The summed E-state index contributed by atoms with van der Waals surface area (Å²) in [4.78, 5) is 35.8. The smallest absolute Gasteiger partial charge is 0.321 e. The Balaban J connectivity index is 1.82. The topological polar surface area (TPSA) is 137 Å². The van der Waals surface area contributed by atoms with Crippen molar-refractivity contribution >= 4 is 23.3 Å². The number of carboxylic acid groups (broad SMARTS) is 1. The van der Waals surface area contributed by atoms with Gasteiger partial charge in [0.25, 0.3) is 5.69 Å². The number of aliphatic carboxylic acids is 1. The Morgan fingerprint density at radius 2 is 2.08 bits per heavy atom. The Kier molecular flexibility index (Phi) is 7.45. The van der Waals surface area contributed by atoms with Crippen molar-refractivity contribution in [3.63, 3.8) is 0 Å². The summed E-state index contributed by atoms with van der Waals surface area (Å²) in [5, 5.41) is 28.7. The summed E-state index contributed by atoms with van der Waals surface area (Å²) in [6, 6.07) is 4.49. The van der Waals surface area contributed by atoms with E-state index in [1.54, 1.807) is 0 Å². The van der Waals surface area contributed by atoms with Crippen LogP contribution in [0.5, 0.6) is 0 Å². The average Bonchev–Trinajstić information content (AvgIpc) is 2.61. The van der Waals surface area contributed by atoms with E-state index in [1.807, 2.05) is 0 Å². The van der Waals surface area contributed by atoms with Crippen molar-refractivity contribution in [2.24, 2.45) is 0 Å². The molecule has 0 saturated carbocycles. The molecule has 0 aromatic heterocycles. The first kappa shape index (κ1) is 19.8. The number of nitrogens with zero attached hydrogens (tertiary/aromatic N) is 2. The standard InChI is InChI=1S/C16H23N5O5/c22-15(19-12-2-1-3-13(10-12)21(25)26)11-14(16(23)24)18-6-9-20-7-4-17-5-8-20/h1-3,10,14,17-18H,4-9,11H2,(H,19,22)(H,23,24)/t14-/m0/s1. The predicted molar refractivity (Wildman–Crippen MR) is 95.1 cm³/mol. The maximum absolute atomic E-state index is 12.1. The zero-order valence-electron chi connectivity index (χ0n) is 14.3. The Morgan fingerprint density at radius 1 is 1.35 bits per heavy atom. The van der Waals surface area contributed by atoms with Gasteiger partial charge in [0.1, 0.15) is 6.04 Å². The number of piperazine rings is 1. The third-order valence-electron chi connectivity index (χ3n) is 4.06. The van der Waals surface area contributed by atoms with Crippen molar-refractivity contribution in [2.75, 3.05) is 44.6 Å². The van der Waals surface area contributed by atoms with Crippen LogP contribution in [-0.2, 0) is 9.59 Å². The zero-order valence-corrected chi connectivity index (χ0v) is 14.3. The van der Waals surface area contributed by atoms with Gasteiger partial charge in [0.2, 0.25) is 5.91 Å². The molecular formula is C16H23N5O5. The number of non-ortho nitro benzene ring substituents is 1. The second-order valence-corrected chi connectivity index (χ2v) is 6.00. The molecule has 1 aliphatic rings. The number of hydrogen-bond acceptors (Lipinski definition) is 7. The Bertz CT molecular complexity index is 648. The number of nitro groups is 1. The molecule has 1 fully saturated rings. The molecule has 1 aliphatic heterocycles. The lowest BCUT2D eigenvalue weighted by molar-refractivity contribution is -0.384. The molecule has 1 aromatic carbocycles. The Morgan fingerprint density at radius 3 is 2.73 bits per heavy atom. The van der Waals surface area contributed by atoms with Crippen LogP contribution in [0.4, 0.5) is 11.4 Å². The van der Waals surface area contributed by atoms with E-state index in [4.69, 9.17) is 0 Å². The molecule has 4 N–H and O–H groups in total. The van der Waals surface area contributed by atoms with Crippen LogP contribution in [-0.4, -0.2) is 72.1 Å². The van der Waals surface area contributed by atoms with Crippen LogP contribution in [0.25, 0.3) is 0 Å². The third-order valence-corrected chi connectivity index (χ3v) is 4.06. The van der Waals surface area contributed by atoms with Crippen molar-refractivity contribution < 1.29 is 19.6 Å². The molecule has 1 atom stereocenters. The molecule has 0 bridgehead atoms. The lowest BCUT2D eigenvalue weighted by atomic mass is 10.2. The van der Waals surface area contributed by atoms with Crippen LogP contribution in [0.3, 0.4) is 0 Å². The number of hydrogen-bond donors (Lipinski definition) is 4. The van der Waals surface area contributed by atoms with Crippen LogP contribution in [0.2, 0.25) is 0 Å². The van der Waals surface area contributed by atoms with E-state index < -0.39 is 22.8 Å². The first-order valence-electron chi connectivity index (χ1n) is 8.39. The van der Waals surface area contributed by atoms with Gasteiger partial charge in [-0.1, -0.05) is 6.07 Å². The van der Waals surface area contributed by atoms with E-state index in [0.29, 0.717) is 13.1 Å². The number of nitrogens with one attached hydrogen (secondary N) is 3. The molecule has 10 heteroatoms. The maximum Gasteiger partial charge on any atom is 0.321 e. The molecule has 2 rings (SSSR count). The summed E-state index contributed by atoms with van der Waals surface area (Å²) < 4.78 is 0. The highest BCUT2D eigenvalue weighted by atomic mass is 16.6. The summed E-state index contributed by atoms with van der Waals surface area (Å²) in [6.45, 7) is 4.81. The predicted octanol–water partition coefficient (Wildman–Crippen LogP) is -0.129. The van der Waals surface area contributed by atoms with Crippen molar-refractivity contribution in [3.8, 4) is 0 Å². The van der Waals surface area contributed by atoms with Gasteiger partial charge in [-0.15, -0.1) is 0 Å². The first-order chi connectivity index (χ1) is 12.5. The summed E-state index contributed by atoms with van der Waals surface area (Å²) in [5.41, 5.74) is 0.112. The molecule has 0 unspecified atom stereocenters. The third kappa shape index (κ3) is 6.39. The average molecular weight is 365 g/mol. The number of anilines is 1. The second-order valence-electron chi connectivity index (χ2n) is 6.00. The number of amides is 1. The van der Waals surface area contributed by atoms with E-state index >= 15 is 0 Å². The summed E-state index contributed by atoms with van der Waals surface area (Å²) in [5.74, 6) is -1.63. The van der Waals surface area contributed by atoms with Gasteiger partial charge in [0.15, 0.2) is 0 Å². The van der Waals surface area contributed by atoms with E-state index in [9.17, 15) is 24.8 Å². The summed E-state index contributed by atoms with van der Waals surface area (Å²) >= 11 is 0.